The monoisotopic (exact) mass is 585 g/mol. The van der Waals surface area contributed by atoms with E-state index < -0.39 is 28.5 Å². The van der Waals surface area contributed by atoms with E-state index in [2.05, 4.69) is 5.32 Å². The van der Waals surface area contributed by atoms with Crippen molar-refractivity contribution >= 4 is 39.1 Å². The van der Waals surface area contributed by atoms with Gasteiger partial charge in [-0.05, 0) is 62.2 Å². The van der Waals surface area contributed by atoms with Crippen molar-refractivity contribution in [1.82, 2.24) is 10.2 Å². The first-order chi connectivity index (χ1) is 19.1. The van der Waals surface area contributed by atoms with Crippen LogP contribution in [0.25, 0.3) is 0 Å². The number of halogens is 1. The molecule has 214 valence electrons. The van der Waals surface area contributed by atoms with E-state index in [1.54, 1.807) is 67.6 Å². The zero-order chi connectivity index (χ0) is 29.3. The average molecular weight is 586 g/mol. The van der Waals surface area contributed by atoms with E-state index in [1.165, 1.54) is 24.1 Å². The van der Waals surface area contributed by atoms with Crippen molar-refractivity contribution in [3.63, 3.8) is 0 Å². The standard InChI is InChI=1S/C30H36ClN3O5S/c1-5-6-17-32-30(36)23(3)33(20-24-9-7-10-25(31)18-24)29(35)21-34(26-11-8-12-27(19-26)39-4)40(37,38)28-15-13-22(2)14-16-28/h7-16,18-19,23H,5-6,17,20-21H2,1-4H3,(H,32,36)/t23-/m0/s1. The Morgan fingerprint density at radius 3 is 2.38 bits per heavy atom. The summed E-state index contributed by atoms with van der Waals surface area (Å²) in [6.45, 7) is 5.53. The summed E-state index contributed by atoms with van der Waals surface area (Å²) >= 11 is 6.18. The molecule has 3 rings (SSSR count). The number of unbranched alkanes of at least 4 members (excludes halogenated alkanes) is 1. The predicted molar refractivity (Wildman–Crippen MR) is 158 cm³/mol. The van der Waals surface area contributed by atoms with E-state index in [1.807, 2.05) is 13.8 Å². The number of nitrogens with zero attached hydrogens (tertiary/aromatic N) is 2. The number of anilines is 1. The maximum Gasteiger partial charge on any atom is 0.264 e. The van der Waals surface area contributed by atoms with Gasteiger partial charge in [-0.15, -0.1) is 0 Å². The number of amides is 2. The number of ether oxygens (including phenoxy) is 1. The molecule has 0 aromatic heterocycles. The molecule has 3 aromatic carbocycles. The Labute approximate surface area is 241 Å². The van der Waals surface area contributed by atoms with Gasteiger partial charge in [0.25, 0.3) is 10.0 Å². The molecule has 0 heterocycles. The summed E-state index contributed by atoms with van der Waals surface area (Å²) in [5.41, 5.74) is 1.87. The molecule has 0 aliphatic rings. The zero-order valence-corrected chi connectivity index (χ0v) is 24.8. The van der Waals surface area contributed by atoms with Crippen LogP contribution in [-0.4, -0.2) is 51.4 Å². The molecule has 2 amide bonds. The Hall–Kier alpha value is -3.56. The Balaban J connectivity index is 2.02. The SMILES string of the molecule is CCCCNC(=O)[C@H](C)N(Cc1cccc(Cl)c1)C(=O)CN(c1cccc(OC)c1)S(=O)(=O)c1ccc(C)cc1. The second-order valence-corrected chi connectivity index (χ2v) is 11.8. The van der Waals surface area contributed by atoms with Crippen LogP contribution in [0.15, 0.2) is 77.7 Å². The number of aryl methyl sites for hydroxylation is 1. The first-order valence-corrected chi connectivity index (χ1v) is 14.9. The quantitative estimate of drug-likeness (QED) is 0.279. The van der Waals surface area contributed by atoms with Crippen LogP contribution in [0.5, 0.6) is 5.75 Å². The summed E-state index contributed by atoms with van der Waals surface area (Å²) in [7, 11) is -2.68. The highest BCUT2D eigenvalue weighted by Gasteiger charge is 2.32. The lowest BCUT2D eigenvalue weighted by atomic mass is 10.1. The minimum atomic E-state index is -4.16. The highest BCUT2D eigenvalue weighted by Crippen LogP contribution is 2.28. The van der Waals surface area contributed by atoms with E-state index in [-0.39, 0.29) is 23.0 Å². The number of hydrogen-bond donors (Lipinski definition) is 1. The minimum absolute atomic E-state index is 0.0421. The second kappa shape index (κ2) is 14.2. The number of carbonyl (C=O) groups excluding carboxylic acids is 2. The van der Waals surface area contributed by atoms with Crippen LogP contribution in [0.4, 0.5) is 5.69 Å². The molecule has 0 spiro atoms. The molecule has 1 N–H and O–H groups in total. The normalized spacial score (nSPS) is 11.9. The van der Waals surface area contributed by atoms with Gasteiger partial charge in [-0.3, -0.25) is 13.9 Å². The van der Waals surface area contributed by atoms with E-state index in [4.69, 9.17) is 16.3 Å². The topological polar surface area (TPSA) is 96.0 Å². The molecular formula is C30H36ClN3O5S. The fourth-order valence-corrected chi connectivity index (χ4v) is 5.70. The van der Waals surface area contributed by atoms with Gasteiger partial charge in [-0.25, -0.2) is 8.42 Å². The van der Waals surface area contributed by atoms with Crippen LogP contribution in [0, 0.1) is 6.92 Å². The Morgan fingerprint density at radius 2 is 1.73 bits per heavy atom. The number of nitrogens with one attached hydrogen (secondary N) is 1. The summed E-state index contributed by atoms with van der Waals surface area (Å²) in [5, 5.41) is 3.36. The lowest BCUT2D eigenvalue weighted by Gasteiger charge is -2.32. The van der Waals surface area contributed by atoms with Crippen LogP contribution in [-0.2, 0) is 26.2 Å². The van der Waals surface area contributed by atoms with E-state index in [9.17, 15) is 18.0 Å². The fraction of sp³-hybridized carbons (Fsp3) is 0.333. The lowest BCUT2D eigenvalue weighted by molar-refractivity contribution is -0.139. The van der Waals surface area contributed by atoms with Crippen LogP contribution in [0.1, 0.15) is 37.8 Å². The number of methoxy groups -OCH3 is 1. The highest BCUT2D eigenvalue weighted by atomic mass is 35.5. The number of benzene rings is 3. The van der Waals surface area contributed by atoms with Gasteiger partial charge >= 0.3 is 0 Å². The van der Waals surface area contributed by atoms with Gasteiger partial charge in [0.05, 0.1) is 17.7 Å². The third kappa shape index (κ3) is 7.99. The number of rotatable bonds is 13. The molecule has 10 heteroatoms. The Kier molecular flexibility index (Phi) is 11.0. The Morgan fingerprint density at radius 1 is 1.02 bits per heavy atom. The number of carbonyl (C=O) groups is 2. The van der Waals surface area contributed by atoms with Crippen LogP contribution in [0.2, 0.25) is 5.02 Å². The third-order valence-electron chi connectivity index (χ3n) is 6.47. The molecule has 0 aliphatic heterocycles. The molecule has 0 bridgehead atoms. The summed E-state index contributed by atoms with van der Waals surface area (Å²) in [4.78, 5) is 28.4. The van der Waals surface area contributed by atoms with Gasteiger partial charge in [0.15, 0.2) is 0 Å². The van der Waals surface area contributed by atoms with Crippen molar-refractivity contribution < 1.29 is 22.7 Å². The first-order valence-electron chi connectivity index (χ1n) is 13.1. The molecule has 0 saturated heterocycles. The Bertz CT molecular complexity index is 1410. The fourth-order valence-electron chi connectivity index (χ4n) is 4.08. The summed E-state index contributed by atoms with van der Waals surface area (Å²) in [5.74, 6) is -0.428. The molecule has 3 aromatic rings. The largest absolute Gasteiger partial charge is 0.497 e. The smallest absolute Gasteiger partial charge is 0.264 e. The minimum Gasteiger partial charge on any atom is -0.497 e. The molecular weight excluding hydrogens is 550 g/mol. The molecule has 0 unspecified atom stereocenters. The van der Waals surface area contributed by atoms with Crippen LogP contribution in [0.3, 0.4) is 0 Å². The second-order valence-electron chi connectivity index (χ2n) is 9.50. The highest BCUT2D eigenvalue weighted by molar-refractivity contribution is 7.92. The molecule has 0 radical (unpaired) electrons. The maximum absolute atomic E-state index is 14.0. The number of sulfonamides is 1. The molecule has 8 nitrogen and oxygen atoms in total. The van der Waals surface area contributed by atoms with Crippen molar-refractivity contribution in [2.75, 3.05) is 24.5 Å². The van der Waals surface area contributed by atoms with Crippen molar-refractivity contribution in [2.24, 2.45) is 0 Å². The van der Waals surface area contributed by atoms with Crippen molar-refractivity contribution in [3.8, 4) is 5.75 Å². The van der Waals surface area contributed by atoms with Gasteiger partial charge in [0, 0.05) is 24.2 Å². The molecule has 1 atom stereocenters. The van der Waals surface area contributed by atoms with Gasteiger partial charge in [0.2, 0.25) is 11.8 Å². The van der Waals surface area contributed by atoms with E-state index in [0.717, 1.165) is 22.7 Å². The van der Waals surface area contributed by atoms with E-state index >= 15 is 0 Å². The summed E-state index contributed by atoms with van der Waals surface area (Å²) in [6, 6.07) is 19.1. The lowest BCUT2D eigenvalue weighted by Crippen LogP contribution is -2.51. The molecule has 0 aliphatic carbocycles. The maximum atomic E-state index is 14.0. The molecule has 0 fully saturated rings. The van der Waals surface area contributed by atoms with Crippen molar-refractivity contribution in [1.29, 1.82) is 0 Å². The van der Waals surface area contributed by atoms with Gasteiger partial charge in [-0.2, -0.15) is 0 Å². The van der Waals surface area contributed by atoms with E-state index in [0.29, 0.717) is 22.9 Å². The first kappa shape index (κ1) is 31.0. The van der Waals surface area contributed by atoms with Crippen molar-refractivity contribution in [2.45, 2.75) is 51.1 Å². The van der Waals surface area contributed by atoms with Crippen LogP contribution < -0.4 is 14.4 Å². The number of hydrogen-bond acceptors (Lipinski definition) is 5. The average Bonchev–Trinajstić information content (AvgIpc) is 2.94. The summed E-state index contributed by atoms with van der Waals surface area (Å²) < 4.78 is 34.2. The molecule has 40 heavy (non-hydrogen) atoms. The summed E-state index contributed by atoms with van der Waals surface area (Å²) in [6.07, 6.45) is 1.71. The van der Waals surface area contributed by atoms with Gasteiger partial charge in [-0.1, -0.05) is 60.8 Å². The van der Waals surface area contributed by atoms with Crippen molar-refractivity contribution in [3.05, 3.63) is 88.9 Å². The van der Waals surface area contributed by atoms with Crippen LogP contribution >= 0.6 is 11.6 Å². The van der Waals surface area contributed by atoms with Gasteiger partial charge < -0.3 is 15.0 Å². The third-order valence-corrected chi connectivity index (χ3v) is 8.49. The predicted octanol–water partition coefficient (Wildman–Crippen LogP) is 5.19. The zero-order valence-electron chi connectivity index (χ0n) is 23.3. The van der Waals surface area contributed by atoms with Gasteiger partial charge in [0.1, 0.15) is 18.3 Å². The molecule has 0 saturated carbocycles.